The highest BCUT2D eigenvalue weighted by molar-refractivity contribution is 5.25. The van der Waals surface area contributed by atoms with E-state index in [0.29, 0.717) is 4.68 Å². The molecule has 0 aliphatic rings. The molecule has 0 spiro atoms. The molecule has 102 valence electrons. The number of aromatic nitrogens is 2. The van der Waals surface area contributed by atoms with Crippen LogP contribution in [0.3, 0.4) is 0 Å². The first-order valence-corrected chi connectivity index (χ1v) is 5.60. The van der Waals surface area contributed by atoms with Gasteiger partial charge in [-0.1, -0.05) is 30.2 Å². The topological polar surface area (TPSA) is 30.3 Å². The molecule has 0 N–H and O–H groups in total. The van der Waals surface area contributed by atoms with Crippen molar-refractivity contribution in [2.24, 2.45) is 6.98 Å². The van der Waals surface area contributed by atoms with Gasteiger partial charge in [-0.25, -0.2) is 0 Å². The largest absolute Gasteiger partial charge is 0.366 e. The third kappa shape index (κ3) is 3.66. The lowest BCUT2D eigenvalue weighted by Crippen LogP contribution is -2.20. The van der Waals surface area contributed by atoms with Gasteiger partial charge in [-0.2, -0.15) is 5.10 Å². The lowest BCUT2D eigenvalue weighted by Gasteiger charge is -2.20. The van der Waals surface area contributed by atoms with Gasteiger partial charge < -0.3 is 9.64 Å². The molecule has 0 saturated heterocycles. The van der Waals surface area contributed by atoms with Crippen LogP contribution in [0.4, 0.5) is 0 Å². The van der Waals surface area contributed by atoms with Gasteiger partial charge in [0, 0.05) is 26.5 Å². The van der Waals surface area contributed by atoms with Crippen LogP contribution in [0, 0.1) is 0 Å². The zero-order chi connectivity index (χ0) is 22.3. The Hall–Kier alpha value is -1.65. The number of likely N-dealkylation sites (N-methyl/N-ethyl adjacent to an activating group) is 1. The molecule has 0 amide bonds. The Morgan fingerprint density at radius 3 is 2.95 bits per heavy atom. The SMILES string of the molecule is [2H]c1c([2H])c([2H])c(C(OCC([2H])([2H])N(C)C)c2ccnn2C([2H])([2H])[2H])c([2H])c1[2H]. The molecule has 0 fully saturated rings. The van der Waals surface area contributed by atoms with E-state index in [9.17, 15) is 0 Å². The first kappa shape index (κ1) is 5.77. The maximum absolute atomic E-state index is 8.19. The Labute approximate surface area is 128 Å². The number of nitrogens with zero attached hydrogens (tertiary/aromatic N) is 3. The van der Waals surface area contributed by atoms with Crippen LogP contribution in [-0.4, -0.2) is 41.9 Å². The average Bonchev–Trinajstić information content (AvgIpc) is 3.10. The number of hydrogen-bond acceptors (Lipinski definition) is 3. The van der Waals surface area contributed by atoms with Crippen LogP contribution in [0.1, 0.15) is 31.1 Å². The second kappa shape index (κ2) is 6.50. The summed E-state index contributed by atoms with van der Waals surface area (Å²) >= 11 is 0. The summed E-state index contributed by atoms with van der Waals surface area (Å²) in [6.45, 7) is -5.23. The van der Waals surface area contributed by atoms with E-state index < -0.39 is 56.4 Å². The molecule has 19 heavy (non-hydrogen) atoms. The van der Waals surface area contributed by atoms with Crippen molar-refractivity contribution in [3.05, 3.63) is 53.7 Å². The van der Waals surface area contributed by atoms with E-state index in [4.69, 9.17) is 18.4 Å². The highest BCUT2D eigenvalue weighted by atomic mass is 16.5. The second-order valence-corrected chi connectivity index (χ2v) is 3.95. The highest BCUT2D eigenvalue weighted by Gasteiger charge is 2.17. The number of benzene rings is 1. The van der Waals surface area contributed by atoms with Gasteiger partial charge >= 0.3 is 0 Å². The van der Waals surface area contributed by atoms with Gasteiger partial charge in [-0.05, 0) is 25.7 Å². The zero-order valence-electron chi connectivity index (χ0n) is 20.7. The summed E-state index contributed by atoms with van der Waals surface area (Å²) in [5, 5.41) is 3.75. The van der Waals surface area contributed by atoms with E-state index >= 15 is 0 Å². The fraction of sp³-hybridized carbons (Fsp3) is 0.400. The van der Waals surface area contributed by atoms with E-state index in [-0.39, 0.29) is 11.3 Å². The van der Waals surface area contributed by atoms with Gasteiger partial charge in [0.15, 0.2) is 0 Å². The third-order valence-corrected chi connectivity index (χ3v) is 2.35. The summed E-state index contributed by atoms with van der Waals surface area (Å²) in [6.07, 6.45) is -0.268. The number of aryl methyl sites for hydroxylation is 1. The van der Waals surface area contributed by atoms with Crippen LogP contribution in [0.15, 0.2) is 42.5 Å². The van der Waals surface area contributed by atoms with Crippen molar-refractivity contribution in [2.45, 2.75) is 6.10 Å². The molecule has 2 rings (SSSR count). The van der Waals surface area contributed by atoms with Crippen molar-refractivity contribution in [2.75, 3.05) is 27.2 Å². The quantitative estimate of drug-likeness (QED) is 0.804. The number of rotatable bonds is 6. The minimum atomic E-state index is -2.71. The number of hydrogen-bond donors (Lipinski definition) is 0. The maximum Gasteiger partial charge on any atom is 0.124 e. The second-order valence-electron chi connectivity index (χ2n) is 3.95. The Morgan fingerprint density at radius 1 is 1.47 bits per heavy atom. The van der Waals surface area contributed by atoms with Gasteiger partial charge in [0.25, 0.3) is 0 Å². The molecule has 0 radical (unpaired) electrons. The molecule has 1 unspecified atom stereocenters. The molecule has 4 heteroatoms. The van der Waals surface area contributed by atoms with Crippen LogP contribution in [-0.2, 0) is 11.7 Å². The van der Waals surface area contributed by atoms with Crippen LogP contribution < -0.4 is 0 Å². The molecule has 1 atom stereocenters. The first-order valence-electron chi connectivity index (χ1n) is 10.6. The lowest BCUT2D eigenvalue weighted by atomic mass is 10.1. The van der Waals surface area contributed by atoms with Crippen molar-refractivity contribution >= 4 is 0 Å². The highest BCUT2D eigenvalue weighted by Crippen LogP contribution is 2.25. The third-order valence-electron chi connectivity index (χ3n) is 2.35. The van der Waals surface area contributed by atoms with Crippen molar-refractivity contribution in [3.63, 3.8) is 0 Å². The Morgan fingerprint density at radius 2 is 2.26 bits per heavy atom. The van der Waals surface area contributed by atoms with Crippen LogP contribution in [0.2, 0.25) is 0 Å². The predicted octanol–water partition coefficient (Wildman–Crippen LogP) is 2.09. The summed E-state index contributed by atoms with van der Waals surface area (Å²) in [5.41, 5.74) is -0.380. The fourth-order valence-corrected chi connectivity index (χ4v) is 1.47. The Balaban J connectivity index is 2.70. The zero-order valence-corrected chi connectivity index (χ0v) is 10.7. The van der Waals surface area contributed by atoms with Crippen LogP contribution in [0.5, 0.6) is 0 Å². The summed E-state index contributed by atoms with van der Waals surface area (Å²) < 4.78 is 85.1. The minimum absolute atomic E-state index is 0.0851. The normalized spacial score (nSPS) is 21.8. The van der Waals surface area contributed by atoms with Crippen LogP contribution >= 0.6 is 0 Å². The average molecular weight is 269 g/mol. The van der Waals surface area contributed by atoms with E-state index in [1.165, 1.54) is 31.3 Å². The molecule has 1 aromatic carbocycles. The molecule has 0 aliphatic heterocycles. The smallest absolute Gasteiger partial charge is 0.124 e. The number of ether oxygens (including phenoxy) is 1. The summed E-state index contributed by atoms with van der Waals surface area (Å²) in [4.78, 5) is 1.24. The molecule has 0 bridgehead atoms. The van der Waals surface area contributed by atoms with E-state index in [1.54, 1.807) is 0 Å². The maximum atomic E-state index is 8.19. The molecule has 0 aliphatic carbocycles. The summed E-state index contributed by atoms with van der Waals surface area (Å²) in [7, 11) is 2.96. The van der Waals surface area contributed by atoms with E-state index in [0.717, 1.165) is 0 Å². The molecular weight excluding hydrogens is 238 g/mol. The monoisotopic (exact) mass is 269 g/mol. The van der Waals surface area contributed by atoms with E-state index in [1.807, 2.05) is 0 Å². The molecule has 1 aromatic heterocycles. The summed E-state index contributed by atoms with van der Waals surface area (Å²) in [6, 6.07) is -1.65. The van der Waals surface area contributed by atoms with Crippen LogP contribution in [0.25, 0.3) is 0 Å². The molecule has 0 saturated carbocycles. The van der Waals surface area contributed by atoms with Gasteiger partial charge in [0.1, 0.15) is 6.10 Å². The van der Waals surface area contributed by atoms with Gasteiger partial charge in [-0.15, -0.1) is 0 Å². The van der Waals surface area contributed by atoms with Gasteiger partial charge in [-0.3, -0.25) is 4.68 Å². The van der Waals surface area contributed by atoms with Crippen molar-refractivity contribution in [3.8, 4) is 0 Å². The van der Waals surface area contributed by atoms with Gasteiger partial charge in [0.05, 0.1) is 19.2 Å². The lowest BCUT2D eigenvalue weighted by molar-refractivity contribution is 0.0638. The van der Waals surface area contributed by atoms with E-state index in [2.05, 4.69) is 5.10 Å². The predicted molar refractivity (Wildman–Crippen MR) is 76.0 cm³/mol. The van der Waals surface area contributed by atoms with Crippen molar-refractivity contribution in [1.82, 2.24) is 14.7 Å². The first-order chi connectivity index (χ1) is 13.2. The molecular formula is C15H21N3O. The fourth-order valence-electron chi connectivity index (χ4n) is 1.47. The standard InChI is InChI=1S/C15H21N3O/c1-17(2)11-12-19-15(13-7-5-4-6-8-13)14-9-10-16-18(14)3/h4-10,15H,11-12H2,1-3H3/i3D3,4D,5D,6D,7D,8D,11D2. The summed E-state index contributed by atoms with van der Waals surface area (Å²) in [5.74, 6) is 0. The molecule has 4 nitrogen and oxygen atoms in total. The van der Waals surface area contributed by atoms with Gasteiger partial charge in [0.2, 0.25) is 0 Å². The Bertz CT molecular complexity index is 864. The minimum Gasteiger partial charge on any atom is -0.366 e. The molecule has 2 aromatic rings. The Kier molecular flexibility index (Phi) is 1.97. The van der Waals surface area contributed by atoms with Crippen molar-refractivity contribution in [1.29, 1.82) is 0 Å². The molecule has 1 heterocycles. The van der Waals surface area contributed by atoms with Crippen molar-refractivity contribution < 1.29 is 18.4 Å².